The van der Waals surface area contributed by atoms with Gasteiger partial charge in [-0.3, -0.25) is 4.98 Å². The third-order valence-corrected chi connectivity index (χ3v) is 5.92. The number of thiazole rings is 1. The van der Waals surface area contributed by atoms with Crippen LogP contribution in [0, 0.1) is 5.82 Å². The molecular weight excluding hydrogens is 363 g/mol. The molecule has 0 N–H and O–H groups in total. The number of nitrogens with zero attached hydrogens (tertiary/aromatic N) is 2. The van der Waals surface area contributed by atoms with Gasteiger partial charge in [-0.1, -0.05) is 12.1 Å². The Balaban J connectivity index is 1.87. The monoisotopic (exact) mass is 378 g/mol. The highest BCUT2D eigenvalue weighted by molar-refractivity contribution is 7.98. The molecule has 0 aliphatic heterocycles. The average molecular weight is 378 g/mol. The van der Waals surface area contributed by atoms with Crippen LogP contribution < -0.4 is 0 Å². The van der Waals surface area contributed by atoms with E-state index in [9.17, 15) is 4.39 Å². The average Bonchev–Trinajstić information content (AvgIpc) is 3.15. The van der Waals surface area contributed by atoms with Gasteiger partial charge in [0.2, 0.25) is 0 Å². The molecule has 2 aromatic carbocycles. The van der Waals surface area contributed by atoms with Crippen LogP contribution >= 0.6 is 23.1 Å². The first-order valence-electron chi connectivity index (χ1n) is 8.06. The molecule has 4 rings (SSSR count). The molecule has 0 radical (unpaired) electrons. The molecule has 2 heterocycles. The van der Waals surface area contributed by atoms with Crippen molar-refractivity contribution in [2.24, 2.45) is 0 Å². The zero-order chi connectivity index (χ0) is 17.9. The lowest BCUT2D eigenvalue weighted by molar-refractivity contribution is 0.628. The van der Waals surface area contributed by atoms with Gasteiger partial charge in [0.05, 0.1) is 10.6 Å². The van der Waals surface area contributed by atoms with Gasteiger partial charge in [-0.25, -0.2) is 9.37 Å². The highest BCUT2D eigenvalue weighted by Crippen LogP contribution is 2.40. The third-order valence-electron chi connectivity index (χ3n) is 4.02. The second-order valence-electron chi connectivity index (χ2n) is 5.67. The summed E-state index contributed by atoms with van der Waals surface area (Å²) in [6.45, 7) is 0. The fourth-order valence-corrected chi connectivity index (χ4v) is 4.19. The Morgan fingerprint density at radius 1 is 0.808 bits per heavy atom. The molecule has 5 heteroatoms. The van der Waals surface area contributed by atoms with Crippen LogP contribution in [0.25, 0.3) is 32.3 Å². The SMILES string of the molecule is CSc1ccc(-c2sc(-c3ccncc3)nc2-c2ccc(F)cc2)cc1. The summed E-state index contributed by atoms with van der Waals surface area (Å²) < 4.78 is 13.4. The standard InChI is InChI=1S/C21H15FN2S2/c1-25-18-8-4-15(5-9-18)20-19(14-2-6-17(22)7-3-14)24-21(26-20)16-10-12-23-13-11-16/h2-13H,1H3. The fraction of sp³-hybridized carbons (Fsp3) is 0.0476. The topological polar surface area (TPSA) is 25.8 Å². The highest BCUT2D eigenvalue weighted by atomic mass is 32.2. The van der Waals surface area contributed by atoms with Crippen molar-refractivity contribution in [3.05, 3.63) is 78.9 Å². The number of halogens is 1. The van der Waals surface area contributed by atoms with Crippen LogP contribution in [0.4, 0.5) is 4.39 Å². The predicted molar refractivity (Wildman–Crippen MR) is 108 cm³/mol. The summed E-state index contributed by atoms with van der Waals surface area (Å²) in [7, 11) is 0. The molecule has 0 saturated heterocycles. The first-order chi connectivity index (χ1) is 12.7. The summed E-state index contributed by atoms with van der Waals surface area (Å²) in [4.78, 5) is 11.2. The molecule has 0 aliphatic carbocycles. The number of hydrogen-bond acceptors (Lipinski definition) is 4. The Bertz CT molecular complexity index is 1010. The van der Waals surface area contributed by atoms with Crippen molar-refractivity contribution in [3.63, 3.8) is 0 Å². The molecule has 0 unspecified atom stereocenters. The molecule has 128 valence electrons. The number of benzene rings is 2. The van der Waals surface area contributed by atoms with Gasteiger partial charge in [-0.05, 0) is 60.4 Å². The van der Waals surface area contributed by atoms with E-state index >= 15 is 0 Å². The van der Waals surface area contributed by atoms with Crippen LogP contribution in [0.3, 0.4) is 0 Å². The summed E-state index contributed by atoms with van der Waals surface area (Å²) in [6.07, 6.45) is 5.59. The van der Waals surface area contributed by atoms with E-state index in [-0.39, 0.29) is 5.82 Å². The predicted octanol–water partition coefficient (Wildman–Crippen LogP) is 6.40. The molecule has 4 aromatic rings. The van der Waals surface area contributed by atoms with Crippen molar-refractivity contribution in [1.29, 1.82) is 0 Å². The van der Waals surface area contributed by atoms with Crippen LogP contribution in [0.2, 0.25) is 0 Å². The minimum absolute atomic E-state index is 0.246. The van der Waals surface area contributed by atoms with Gasteiger partial charge < -0.3 is 0 Å². The molecule has 26 heavy (non-hydrogen) atoms. The molecule has 2 nitrogen and oxygen atoms in total. The van der Waals surface area contributed by atoms with Gasteiger partial charge >= 0.3 is 0 Å². The normalized spacial score (nSPS) is 10.8. The van der Waals surface area contributed by atoms with E-state index in [1.807, 2.05) is 12.1 Å². The zero-order valence-electron chi connectivity index (χ0n) is 14.0. The third kappa shape index (κ3) is 3.41. The summed E-state index contributed by atoms with van der Waals surface area (Å²) in [5.41, 5.74) is 3.92. The molecule has 0 fully saturated rings. The maximum absolute atomic E-state index is 13.4. The van der Waals surface area contributed by atoms with Gasteiger partial charge in [0.1, 0.15) is 10.8 Å². The molecule has 0 aliphatic rings. The van der Waals surface area contributed by atoms with Crippen LogP contribution in [0.15, 0.2) is 78.0 Å². The van der Waals surface area contributed by atoms with Gasteiger partial charge in [-0.2, -0.15) is 0 Å². The minimum Gasteiger partial charge on any atom is -0.265 e. The van der Waals surface area contributed by atoms with Gasteiger partial charge in [0.15, 0.2) is 0 Å². The largest absolute Gasteiger partial charge is 0.265 e. The Kier molecular flexibility index (Phi) is 4.82. The molecule has 0 atom stereocenters. The van der Waals surface area contributed by atoms with E-state index in [1.54, 1.807) is 47.6 Å². The lowest BCUT2D eigenvalue weighted by Crippen LogP contribution is -1.84. The van der Waals surface area contributed by atoms with Crippen molar-refractivity contribution in [2.75, 3.05) is 6.26 Å². The molecule has 0 spiro atoms. The lowest BCUT2D eigenvalue weighted by Gasteiger charge is -2.04. The minimum atomic E-state index is -0.246. The van der Waals surface area contributed by atoms with E-state index in [4.69, 9.17) is 4.98 Å². The van der Waals surface area contributed by atoms with Gasteiger partial charge in [0, 0.05) is 28.4 Å². The van der Waals surface area contributed by atoms with Gasteiger partial charge in [-0.15, -0.1) is 23.1 Å². The first kappa shape index (κ1) is 16.9. The Morgan fingerprint density at radius 2 is 1.46 bits per heavy atom. The van der Waals surface area contributed by atoms with E-state index < -0.39 is 0 Å². The molecule has 0 bridgehead atoms. The maximum atomic E-state index is 13.4. The van der Waals surface area contributed by atoms with Crippen molar-refractivity contribution < 1.29 is 4.39 Å². The van der Waals surface area contributed by atoms with E-state index in [1.165, 1.54) is 17.0 Å². The number of thioether (sulfide) groups is 1. The molecule has 0 saturated carbocycles. The number of aromatic nitrogens is 2. The van der Waals surface area contributed by atoms with E-state index in [2.05, 4.69) is 35.5 Å². The van der Waals surface area contributed by atoms with Crippen LogP contribution in [0.1, 0.15) is 0 Å². The number of pyridine rings is 1. The second kappa shape index (κ2) is 7.40. The van der Waals surface area contributed by atoms with Crippen LogP contribution in [-0.4, -0.2) is 16.2 Å². The van der Waals surface area contributed by atoms with Crippen LogP contribution in [0.5, 0.6) is 0 Å². The van der Waals surface area contributed by atoms with Crippen molar-refractivity contribution in [3.8, 4) is 32.3 Å². The highest BCUT2D eigenvalue weighted by Gasteiger charge is 2.16. The molecule has 2 aromatic heterocycles. The van der Waals surface area contributed by atoms with Crippen LogP contribution in [-0.2, 0) is 0 Å². The first-order valence-corrected chi connectivity index (χ1v) is 10.1. The molecule has 0 amide bonds. The summed E-state index contributed by atoms with van der Waals surface area (Å²) >= 11 is 3.35. The quantitative estimate of drug-likeness (QED) is 0.384. The zero-order valence-corrected chi connectivity index (χ0v) is 15.7. The van der Waals surface area contributed by atoms with Crippen molar-refractivity contribution in [1.82, 2.24) is 9.97 Å². The summed E-state index contributed by atoms with van der Waals surface area (Å²) in [6, 6.07) is 18.9. The Labute approximate surface area is 159 Å². The Morgan fingerprint density at radius 3 is 2.12 bits per heavy atom. The summed E-state index contributed by atoms with van der Waals surface area (Å²) in [5, 5.41) is 0.927. The fourth-order valence-electron chi connectivity index (χ4n) is 2.68. The number of hydrogen-bond donors (Lipinski definition) is 0. The van der Waals surface area contributed by atoms with E-state index in [0.29, 0.717) is 0 Å². The lowest BCUT2D eigenvalue weighted by atomic mass is 10.1. The molecular formula is C21H15FN2S2. The number of rotatable bonds is 4. The van der Waals surface area contributed by atoms with Gasteiger partial charge in [0.25, 0.3) is 0 Å². The summed E-state index contributed by atoms with van der Waals surface area (Å²) in [5.74, 6) is -0.246. The maximum Gasteiger partial charge on any atom is 0.124 e. The van der Waals surface area contributed by atoms with E-state index in [0.717, 1.165) is 32.3 Å². The Hall–Kier alpha value is -2.50. The second-order valence-corrected chi connectivity index (χ2v) is 7.55. The smallest absolute Gasteiger partial charge is 0.124 e. The van der Waals surface area contributed by atoms with Crippen molar-refractivity contribution >= 4 is 23.1 Å². The van der Waals surface area contributed by atoms with Crippen molar-refractivity contribution in [2.45, 2.75) is 4.90 Å².